The van der Waals surface area contributed by atoms with Gasteiger partial charge in [-0.3, -0.25) is 10.1 Å². The predicted octanol–water partition coefficient (Wildman–Crippen LogP) is 5.03. The number of furan rings is 1. The fraction of sp³-hybridized carbons (Fsp3) is 0.222. The number of carbonyl (C=O) groups excluding carboxylic acids is 1. The molecule has 2 aromatic heterocycles. The molecule has 0 bridgehead atoms. The summed E-state index contributed by atoms with van der Waals surface area (Å²) in [6.45, 7) is 7.38. The van der Waals surface area contributed by atoms with Crippen LogP contribution in [0.4, 0.5) is 9.52 Å². The quantitative estimate of drug-likeness (QED) is 0.725. The van der Waals surface area contributed by atoms with E-state index in [-0.39, 0.29) is 11.7 Å². The van der Waals surface area contributed by atoms with Crippen molar-refractivity contribution in [2.75, 3.05) is 5.32 Å². The van der Waals surface area contributed by atoms with Crippen LogP contribution in [0.2, 0.25) is 0 Å². The second-order valence-corrected chi connectivity index (χ2v) is 6.80. The van der Waals surface area contributed by atoms with Gasteiger partial charge in [-0.25, -0.2) is 9.37 Å². The zero-order valence-corrected chi connectivity index (χ0v) is 14.7. The molecule has 0 aliphatic heterocycles. The minimum absolute atomic E-state index is 0.235. The van der Waals surface area contributed by atoms with Crippen LogP contribution in [0.15, 0.2) is 28.7 Å². The van der Waals surface area contributed by atoms with Gasteiger partial charge in [-0.1, -0.05) is 0 Å². The Morgan fingerprint density at radius 2 is 1.79 bits per heavy atom. The third-order valence-electron chi connectivity index (χ3n) is 3.92. The van der Waals surface area contributed by atoms with E-state index < -0.39 is 0 Å². The predicted molar refractivity (Wildman–Crippen MR) is 93.1 cm³/mol. The Hall–Kier alpha value is -2.47. The molecule has 0 saturated carbocycles. The lowest BCUT2D eigenvalue weighted by Crippen LogP contribution is -2.13. The van der Waals surface area contributed by atoms with E-state index in [2.05, 4.69) is 10.3 Å². The first-order valence-corrected chi connectivity index (χ1v) is 8.29. The number of hydrogen-bond acceptors (Lipinski definition) is 4. The van der Waals surface area contributed by atoms with Crippen molar-refractivity contribution in [3.05, 3.63) is 57.6 Å². The van der Waals surface area contributed by atoms with Gasteiger partial charge in [0.05, 0.1) is 11.3 Å². The summed E-state index contributed by atoms with van der Waals surface area (Å²) in [5.74, 6) is 0.803. The van der Waals surface area contributed by atoms with Gasteiger partial charge >= 0.3 is 0 Å². The van der Waals surface area contributed by atoms with Crippen LogP contribution >= 0.6 is 11.3 Å². The van der Waals surface area contributed by atoms with Crippen molar-refractivity contribution in [1.82, 2.24) is 4.98 Å². The molecule has 1 N–H and O–H groups in total. The Labute approximate surface area is 143 Å². The molecule has 3 rings (SSSR count). The summed E-state index contributed by atoms with van der Waals surface area (Å²) >= 11 is 1.39. The number of aromatic nitrogens is 1. The van der Waals surface area contributed by atoms with Gasteiger partial charge in [0.15, 0.2) is 5.13 Å². The lowest BCUT2D eigenvalue weighted by Gasteiger charge is -2.01. The molecule has 0 radical (unpaired) electrons. The van der Waals surface area contributed by atoms with Gasteiger partial charge in [0, 0.05) is 16.0 Å². The topological polar surface area (TPSA) is 55.1 Å². The van der Waals surface area contributed by atoms with E-state index in [9.17, 15) is 9.18 Å². The number of amides is 1. The molecular formula is C18H17FN2O2S. The van der Waals surface area contributed by atoms with Crippen LogP contribution < -0.4 is 5.32 Å². The van der Waals surface area contributed by atoms with Crippen LogP contribution in [-0.2, 0) is 0 Å². The molecule has 6 heteroatoms. The molecule has 124 valence electrons. The highest BCUT2D eigenvalue weighted by atomic mass is 32.1. The molecule has 1 amide bonds. The summed E-state index contributed by atoms with van der Waals surface area (Å²) in [6, 6.07) is 6.15. The van der Waals surface area contributed by atoms with Gasteiger partial charge in [-0.05, 0) is 52.0 Å². The third-order valence-corrected chi connectivity index (χ3v) is 4.81. The fourth-order valence-electron chi connectivity index (χ4n) is 2.61. The Balaban J connectivity index is 1.88. The molecule has 0 aliphatic rings. The molecule has 0 atom stereocenters. The van der Waals surface area contributed by atoms with E-state index in [1.807, 2.05) is 20.8 Å². The number of aryl methyl sites for hydroxylation is 3. The molecular weight excluding hydrogens is 327 g/mol. The largest absolute Gasteiger partial charge is 0.466 e. The summed E-state index contributed by atoms with van der Waals surface area (Å²) < 4.78 is 18.6. The number of nitrogens with one attached hydrogen (secondary N) is 1. The Morgan fingerprint density at radius 3 is 2.38 bits per heavy atom. The zero-order chi connectivity index (χ0) is 17.4. The van der Waals surface area contributed by atoms with Crippen LogP contribution in [0.25, 0.3) is 11.3 Å². The van der Waals surface area contributed by atoms with E-state index in [1.165, 1.54) is 23.5 Å². The maximum Gasteiger partial charge on any atom is 0.261 e. The van der Waals surface area contributed by atoms with Crippen molar-refractivity contribution in [1.29, 1.82) is 0 Å². The average molecular weight is 344 g/mol. The summed E-state index contributed by atoms with van der Waals surface area (Å²) in [6.07, 6.45) is 0. The van der Waals surface area contributed by atoms with Crippen molar-refractivity contribution in [3.8, 4) is 11.3 Å². The molecule has 24 heavy (non-hydrogen) atoms. The maximum atomic E-state index is 13.1. The molecule has 1 aromatic carbocycles. The van der Waals surface area contributed by atoms with E-state index in [0.717, 1.165) is 27.5 Å². The second-order valence-electron chi connectivity index (χ2n) is 5.60. The number of thiazole rings is 1. The van der Waals surface area contributed by atoms with Crippen molar-refractivity contribution >= 4 is 22.4 Å². The smallest absolute Gasteiger partial charge is 0.261 e. The summed E-state index contributed by atoms with van der Waals surface area (Å²) in [5.41, 5.74) is 2.94. The minimum atomic E-state index is -0.290. The van der Waals surface area contributed by atoms with E-state index >= 15 is 0 Å². The number of nitrogens with zero attached hydrogens (tertiary/aromatic N) is 1. The lowest BCUT2D eigenvalue weighted by atomic mass is 10.1. The fourth-order valence-corrected chi connectivity index (χ4v) is 3.44. The molecule has 4 nitrogen and oxygen atoms in total. The van der Waals surface area contributed by atoms with E-state index in [1.54, 1.807) is 19.1 Å². The van der Waals surface area contributed by atoms with Gasteiger partial charge < -0.3 is 4.42 Å². The molecule has 0 spiro atoms. The minimum Gasteiger partial charge on any atom is -0.466 e. The number of anilines is 1. The highest BCUT2D eigenvalue weighted by Crippen LogP contribution is 2.31. The normalized spacial score (nSPS) is 10.9. The Morgan fingerprint density at radius 1 is 1.12 bits per heavy atom. The molecule has 0 fully saturated rings. The number of benzene rings is 1. The molecule has 0 aliphatic carbocycles. The molecule has 0 saturated heterocycles. The first-order valence-electron chi connectivity index (χ1n) is 7.48. The van der Waals surface area contributed by atoms with Crippen molar-refractivity contribution in [3.63, 3.8) is 0 Å². The standard InChI is InChI=1S/C18H17FN2O2S/c1-9-10(2)23-11(3)15(9)17(22)21-18-20-16(12(4)24-18)13-5-7-14(19)8-6-13/h5-8H,1-4H3,(H,20,21,22). The lowest BCUT2D eigenvalue weighted by molar-refractivity contribution is 0.102. The van der Waals surface area contributed by atoms with Gasteiger partial charge in [0.2, 0.25) is 0 Å². The number of rotatable bonds is 3. The first-order chi connectivity index (χ1) is 11.4. The van der Waals surface area contributed by atoms with E-state index in [0.29, 0.717) is 16.5 Å². The number of carbonyl (C=O) groups is 1. The van der Waals surface area contributed by atoms with Crippen LogP contribution in [0, 0.1) is 33.5 Å². The van der Waals surface area contributed by atoms with Crippen LogP contribution in [0.5, 0.6) is 0 Å². The summed E-state index contributed by atoms with van der Waals surface area (Å²) in [5, 5.41) is 3.34. The van der Waals surface area contributed by atoms with Gasteiger partial charge in [-0.2, -0.15) is 0 Å². The summed E-state index contributed by atoms with van der Waals surface area (Å²) in [7, 11) is 0. The molecule has 0 unspecified atom stereocenters. The monoisotopic (exact) mass is 344 g/mol. The van der Waals surface area contributed by atoms with Crippen molar-refractivity contribution in [2.45, 2.75) is 27.7 Å². The first kappa shape index (κ1) is 16.4. The van der Waals surface area contributed by atoms with Crippen molar-refractivity contribution in [2.24, 2.45) is 0 Å². The van der Waals surface area contributed by atoms with Crippen LogP contribution in [-0.4, -0.2) is 10.9 Å². The second kappa shape index (κ2) is 6.20. The highest BCUT2D eigenvalue weighted by molar-refractivity contribution is 7.16. The van der Waals surface area contributed by atoms with Gasteiger partial charge in [0.25, 0.3) is 5.91 Å². The molecule has 2 heterocycles. The third kappa shape index (κ3) is 2.97. The zero-order valence-electron chi connectivity index (χ0n) is 13.9. The maximum absolute atomic E-state index is 13.1. The van der Waals surface area contributed by atoms with Crippen LogP contribution in [0.3, 0.4) is 0 Å². The van der Waals surface area contributed by atoms with Gasteiger partial charge in [0.1, 0.15) is 17.3 Å². The Kier molecular flexibility index (Phi) is 4.24. The highest BCUT2D eigenvalue weighted by Gasteiger charge is 2.20. The van der Waals surface area contributed by atoms with Crippen molar-refractivity contribution < 1.29 is 13.6 Å². The average Bonchev–Trinajstić information content (AvgIpc) is 3.00. The number of hydrogen-bond donors (Lipinski definition) is 1. The van der Waals surface area contributed by atoms with Gasteiger partial charge in [-0.15, -0.1) is 11.3 Å². The van der Waals surface area contributed by atoms with E-state index in [4.69, 9.17) is 4.42 Å². The van der Waals surface area contributed by atoms with Crippen LogP contribution in [0.1, 0.15) is 32.3 Å². The molecule has 3 aromatic rings. The SMILES string of the molecule is Cc1oc(C)c(C(=O)Nc2nc(-c3ccc(F)cc3)c(C)s2)c1C. The number of halogens is 1. The Bertz CT molecular complexity index is 910. The summed E-state index contributed by atoms with van der Waals surface area (Å²) in [4.78, 5) is 17.9.